The van der Waals surface area contributed by atoms with E-state index in [1.807, 2.05) is 43.3 Å². The Morgan fingerprint density at radius 3 is 2.70 bits per heavy atom. The van der Waals surface area contributed by atoms with Crippen molar-refractivity contribution < 1.29 is 4.79 Å². The summed E-state index contributed by atoms with van der Waals surface area (Å²) < 4.78 is 0. The zero-order valence-electron chi connectivity index (χ0n) is 10.9. The second-order valence-corrected chi connectivity index (χ2v) is 5.15. The normalized spacial score (nSPS) is 10.7. The second kappa shape index (κ2) is 5.06. The van der Waals surface area contributed by atoms with Gasteiger partial charge in [0.2, 0.25) is 0 Å². The van der Waals surface area contributed by atoms with Crippen LogP contribution in [0, 0.1) is 6.92 Å². The molecule has 0 aliphatic rings. The number of hydrogen-bond acceptors (Lipinski definition) is 2. The van der Waals surface area contributed by atoms with Crippen molar-refractivity contribution in [2.24, 2.45) is 0 Å². The van der Waals surface area contributed by atoms with Crippen LogP contribution in [0.15, 0.2) is 48.5 Å². The summed E-state index contributed by atoms with van der Waals surface area (Å²) in [6.45, 7) is 1.97. The number of aldehydes is 1. The molecule has 0 amide bonds. The summed E-state index contributed by atoms with van der Waals surface area (Å²) >= 11 is 6.03. The quantitative estimate of drug-likeness (QED) is 0.639. The van der Waals surface area contributed by atoms with E-state index in [2.05, 4.69) is 4.98 Å². The minimum Gasteiger partial charge on any atom is -0.298 e. The molecular weight excluding hydrogens is 270 g/mol. The van der Waals surface area contributed by atoms with Crippen LogP contribution in [0.4, 0.5) is 0 Å². The summed E-state index contributed by atoms with van der Waals surface area (Å²) in [7, 11) is 0. The summed E-state index contributed by atoms with van der Waals surface area (Å²) in [5.41, 5.74) is 4.38. The third-order valence-corrected chi connectivity index (χ3v) is 3.52. The van der Waals surface area contributed by atoms with E-state index in [0.717, 1.165) is 34.0 Å². The largest absolute Gasteiger partial charge is 0.298 e. The molecule has 0 radical (unpaired) electrons. The first-order chi connectivity index (χ1) is 9.67. The van der Waals surface area contributed by atoms with Crippen molar-refractivity contribution >= 4 is 28.8 Å². The number of pyridine rings is 1. The highest BCUT2D eigenvalue weighted by Gasteiger charge is 2.07. The molecule has 0 spiro atoms. The van der Waals surface area contributed by atoms with Crippen LogP contribution < -0.4 is 0 Å². The molecule has 0 fully saturated rings. The van der Waals surface area contributed by atoms with Gasteiger partial charge in [-0.2, -0.15) is 0 Å². The van der Waals surface area contributed by atoms with Crippen molar-refractivity contribution in [3.63, 3.8) is 0 Å². The van der Waals surface area contributed by atoms with Crippen LogP contribution in [0.2, 0.25) is 5.02 Å². The van der Waals surface area contributed by atoms with Gasteiger partial charge in [-0.1, -0.05) is 23.7 Å². The minimum absolute atomic E-state index is 0.618. The van der Waals surface area contributed by atoms with E-state index < -0.39 is 0 Å². The van der Waals surface area contributed by atoms with E-state index in [1.54, 1.807) is 12.1 Å². The van der Waals surface area contributed by atoms with Crippen molar-refractivity contribution in [1.82, 2.24) is 4.98 Å². The summed E-state index contributed by atoms with van der Waals surface area (Å²) in [6.07, 6.45) is 0.850. The van der Waals surface area contributed by atoms with Crippen molar-refractivity contribution in [3.05, 3.63) is 64.8 Å². The van der Waals surface area contributed by atoms with Gasteiger partial charge in [0.15, 0.2) is 6.29 Å². The number of nitrogens with zero attached hydrogens (tertiary/aromatic N) is 1. The predicted molar refractivity (Wildman–Crippen MR) is 82.3 cm³/mol. The molecular formula is C17H12ClNO. The number of fused-ring (bicyclic) bond motifs is 1. The molecule has 0 aliphatic heterocycles. The zero-order valence-corrected chi connectivity index (χ0v) is 11.7. The molecule has 1 heterocycles. The SMILES string of the molecule is Cc1ccc2cc(-c3cc(Cl)ccc3C=O)ccc2n1. The Morgan fingerprint density at radius 1 is 1.05 bits per heavy atom. The smallest absolute Gasteiger partial charge is 0.150 e. The fraction of sp³-hybridized carbons (Fsp3) is 0.0588. The molecule has 0 N–H and O–H groups in total. The van der Waals surface area contributed by atoms with Gasteiger partial charge >= 0.3 is 0 Å². The molecule has 3 aromatic rings. The van der Waals surface area contributed by atoms with Gasteiger partial charge in [0, 0.05) is 21.7 Å². The van der Waals surface area contributed by atoms with E-state index in [-0.39, 0.29) is 0 Å². The lowest BCUT2D eigenvalue weighted by molar-refractivity contribution is 0.112. The van der Waals surface area contributed by atoms with Gasteiger partial charge in [-0.25, -0.2) is 0 Å². The Bertz CT molecular complexity index is 811. The Kier molecular flexibility index (Phi) is 3.25. The highest BCUT2D eigenvalue weighted by molar-refractivity contribution is 6.31. The first-order valence-corrected chi connectivity index (χ1v) is 6.68. The van der Waals surface area contributed by atoms with Gasteiger partial charge in [-0.15, -0.1) is 0 Å². The summed E-state index contributed by atoms with van der Waals surface area (Å²) in [6, 6.07) is 15.2. The van der Waals surface area contributed by atoms with Gasteiger partial charge in [-0.05, 0) is 54.4 Å². The standard InChI is InChI=1S/C17H12ClNO/c1-11-2-3-13-8-12(5-7-17(13)19-11)16-9-15(18)6-4-14(16)10-20/h2-10H,1H3. The van der Waals surface area contributed by atoms with Gasteiger partial charge in [0.05, 0.1) is 5.52 Å². The molecule has 0 saturated carbocycles. The lowest BCUT2D eigenvalue weighted by Crippen LogP contribution is -1.89. The van der Waals surface area contributed by atoms with Crippen LogP contribution in [0.1, 0.15) is 16.1 Å². The lowest BCUT2D eigenvalue weighted by Gasteiger charge is -2.07. The van der Waals surface area contributed by atoms with Gasteiger partial charge in [0.1, 0.15) is 0 Å². The number of benzene rings is 2. The molecule has 0 unspecified atom stereocenters. The maximum atomic E-state index is 11.2. The Morgan fingerprint density at radius 2 is 1.90 bits per heavy atom. The van der Waals surface area contributed by atoms with Crippen LogP contribution in [-0.4, -0.2) is 11.3 Å². The minimum atomic E-state index is 0.618. The molecule has 0 aliphatic carbocycles. The maximum absolute atomic E-state index is 11.2. The lowest BCUT2D eigenvalue weighted by atomic mass is 9.99. The van der Waals surface area contributed by atoms with Crippen LogP contribution in [0.25, 0.3) is 22.0 Å². The summed E-state index contributed by atoms with van der Waals surface area (Å²) in [5, 5.41) is 1.66. The van der Waals surface area contributed by atoms with Crippen molar-refractivity contribution in [2.75, 3.05) is 0 Å². The van der Waals surface area contributed by atoms with E-state index in [1.165, 1.54) is 0 Å². The molecule has 1 aromatic heterocycles. The monoisotopic (exact) mass is 281 g/mol. The summed E-state index contributed by atoms with van der Waals surface area (Å²) in [4.78, 5) is 15.6. The van der Waals surface area contributed by atoms with Gasteiger partial charge < -0.3 is 0 Å². The van der Waals surface area contributed by atoms with Crippen LogP contribution in [0.5, 0.6) is 0 Å². The molecule has 0 bridgehead atoms. The van der Waals surface area contributed by atoms with Gasteiger partial charge in [0.25, 0.3) is 0 Å². The van der Waals surface area contributed by atoms with Crippen LogP contribution >= 0.6 is 11.6 Å². The highest BCUT2D eigenvalue weighted by Crippen LogP contribution is 2.28. The van der Waals surface area contributed by atoms with E-state index in [4.69, 9.17) is 11.6 Å². The maximum Gasteiger partial charge on any atom is 0.150 e. The number of carbonyl (C=O) groups excluding carboxylic acids is 1. The predicted octanol–water partition coefficient (Wildman–Crippen LogP) is 4.68. The highest BCUT2D eigenvalue weighted by atomic mass is 35.5. The summed E-state index contributed by atoms with van der Waals surface area (Å²) in [5.74, 6) is 0. The van der Waals surface area contributed by atoms with Crippen molar-refractivity contribution in [3.8, 4) is 11.1 Å². The number of carbonyl (C=O) groups is 1. The third kappa shape index (κ3) is 2.30. The average Bonchev–Trinajstić information content (AvgIpc) is 2.46. The second-order valence-electron chi connectivity index (χ2n) is 4.71. The number of rotatable bonds is 2. The molecule has 2 aromatic carbocycles. The van der Waals surface area contributed by atoms with Crippen LogP contribution in [0.3, 0.4) is 0 Å². The molecule has 2 nitrogen and oxygen atoms in total. The molecule has 0 saturated heterocycles. The topological polar surface area (TPSA) is 30.0 Å². The fourth-order valence-corrected chi connectivity index (χ4v) is 2.45. The Hall–Kier alpha value is -2.19. The van der Waals surface area contributed by atoms with E-state index in [0.29, 0.717) is 10.6 Å². The zero-order chi connectivity index (χ0) is 14.1. The van der Waals surface area contributed by atoms with Crippen molar-refractivity contribution in [2.45, 2.75) is 6.92 Å². The number of aryl methyl sites for hydroxylation is 1. The fourth-order valence-electron chi connectivity index (χ4n) is 2.28. The van der Waals surface area contributed by atoms with Gasteiger partial charge in [-0.3, -0.25) is 9.78 Å². The third-order valence-electron chi connectivity index (χ3n) is 3.28. The molecule has 3 heteroatoms. The van der Waals surface area contributed by atoms with E-state index >= 15 is 0 Å². The first-order valence-electron chi connectivity index (χ1n) is 6.30. The Balaban J connectivity index is 2.22. The molecule has 0 atom stereocenters. The first kappa shape index (κ1) is 12.8. The number of aromatic nitrogens is 1. The number of hydrogen-bond donors (Lipinski definition) is 0. The Labute approximate surface area is 122 Å². The number of halogens is 1. The average molecular weight is 282 g/mol. The van der Waals surface area contributed by atoms with Crippen LogP contribution in [-0.2, 0) is 0 Å². The molecule has 3 rings (SSSR count). The van der Waals surface area contributed by atoms with Crippen molar-refractivity contribution in [1.29, 1.82) is 0 Å². The molecule has 20 heavy (non-hydrogen) atoms. The molecule has 98 valence electrons. The van der Waals surface area contributed by atoms with E-state index in [9.17, 15) is 4.79 Å².